The van der Waals surface area contributed by atoms with Crippen LogP contribution in [0.15, 0.2) is 24.3 Å². The maximum atomic E-state index is 5.07. The van der Waals surface area contributed by atoms with Crippen LogP contribution in [0.25, 0.3) is 0 Å². The molecular formula is C15H24N2OS. The van der Waals surface area contributed by atoms with Gasteiger partial charge in [-0.3, -0.25) is 0 Å². The van der Waals surface area contributed by atoms with Crippen LogP contribution < -0.4 is 10.2 Å². The number of ether oxygens (including phenoxy) is 1. The molecule has 0 aromatic heterocycles. The fourth-order valence-corrected chi connectivity index (χ4v) is 3.44. The SMILES string of the molecule is COCCNCc1ccccc1N1CCSCC1C. The van der Waals surface area contributed by atoms with Crippen LogP contribution in [-0.4, -0.2) is 44.4 Å². The quantitative estimate of drug-likeness (QED) is 0.809. The number of methoxy groups -OCH3 is 1. The summed E-state index contributed by atoms with van der Waals surface area (Å²) >= 11 is 2.06. The molecule has 19 heavy (non-hydrogen) atoms. The van der Waals surface area contributed by atoms with Crippen LogP contribution in [0.1, 0.15) is 12.5 Å². The van der Waals surface area contributed by atoms with Crippen molar-refractivity contribution in [3.8, 4) is 0 Å². The highest BCUT2D eigenvalue weighted by molar-refractivity contribution is 7.99. The second-order valence-corrected chi connectivity index (χ2v) is 6.07. The van der Waals surface area contributed by atoms with Crippen molar-refractivity contribution in [2.24, 2.45) is 0 Å². The van der Waals surface area contributed by atoms with Gasteiger partial charge in [-0.2, -0.15) is 11.8 Å². The van der Waals surface area contributed by atoms with E-state index in [1.165, 1.54) is 22.8 Å². The molecule has 1 heterocycles. The third-order valence-electron chi connectivity index (χ3n) is 3.47. The lowest BCUT2D eigenvalue weighted by Gasteiger charge is -2.36. The topological polar surface area (TPSA) is 24.5 Å². The smallest absolute Gasteiger partial charge is 0.0587 e. The third-order valence-corrected chi connectivity index (χ3v) is 4.66. The number of para-hydroxylation sites is 1. The average Bonchev–Trinajstić information content (AvgIpc) is 2.45. The van der Waals surface area contributed by atoms with Crippen LogP contribution >= 0.6 is 11.8 Å². The number of rotatable bonds is 6. The summed E-state index contributed by atoms with van der Waals surface area (Å²) < 4.78 is 5.07. The normalized spacial score (nSPS) is 19.7. The van der Waals surface area contributed by atoms with Crippen LogP contribution in [0.5, 0.6) is 0 Å². The second-order valence-electron chi connectivity index (χ2n) is 4.92. The lowest BCUT2D eigenvalue weighted by atomic mass is 10.1. The number of hydrogen-bond acceptors (Lipinski definition) is 4. The Kier molecular flexibility index (Phi) is 6.01. The van der Waals surface area contributed by atoms with Gasteiger partial charge in [0.15, 0.2) is 0 Å². The Morgan fingerprint density at radius 3 is 3.05 bits per heavy atom. The van der Waals surface area contributed by atoms with Gasteiger partial charge in [0.25, 0.3) is 0 Å². The van der Waals surface area contributed by atoms with E-state index in [1.807, 2.05) is 0 Å². The van der Waals surface area contributed by atoms with E-state index in [2.05, 4.69) is 53.2 Å². The first-order chi connectivity index (χ1) is 9.33. The van der Waals surface area contributed by atoms with Gasteiger partial charge in [-0.05, 0) is 18.6 Å². The molecule has 1 aromatic rings. The highest BCUT2D eigenvalue weighted by Gasteiger charge is 2.20. The molecule has 0 aliphatic carbocycles. The molecule has 0 bridgehead atoms. The average molecular weight is 280 g/mol. The van der Waals surface area contributed by atoms with Gasteiger partial charge >= 0.3 is 0 Å². The molecule has 1 fully saturated rings. The number of anilines is 1. The minimum absolute atomic E-state index is 0.624. The summed E-state index contributed by atoms with van der Waals surface area (Å²) in [5.74, 6) is 2.46. The lowest BCUT2D eigenvalue weighted by molar-refractivity contribution is 0.199. The van der Waals surface area contributed by atoms with Crippen molar-refractivity contribution in [3.05, 3.63) is 29.8 Å². The fourth-order valence-electron chi connectivity index (χ4n) is 2.42. The Bertz CT molecular complexity index is 386. The van der Waals surface area contributed by atoms with Gasteiger partial charge < -0.3 is 15.0 Å². The molecule has 1 saturated heterocycles. The molecular weight excluding hydrogens is 256 g/mol. The van der Waals surface area contributed by atoms with Gasteiger partial charge in [0.2, 0.25) is 0 Å². The molecule has 1 N–H and O–H groups in total. The largest absolute Gasteiger partial charge is 0.383 e. The summed E-state index contributed by atoms with van der Waals surface area (Å²) in [7, 11) is 1.74. The first kappa shape index (κ1) is 14.7. The van der Waals surface area contributed by atoms with E-state index in [0.29, 0.717) is 6.04 Å². The lowest BCUT2D eigenvalue weighted by Crippen LogP contribution is -2.41. The van der Waals surface area contributed by atoms with Crippen molar-refractivity contribution in [3.63, 3.8) is 0 Å². The Balaban J connectivity index is 2.02. The first-order valence-electron chi connectivity index (χ1n) is 6.95. The molecule has 1 unspecified atom stereocenters. The monoisotopic (exact) mass is 280 g/mol. The van der Waals surface area contributed by atoms with Gasteiger partial charge in [-0.25, -0.2) is 0 Å². The van der Waals surface area contributed by atoms with E-state index in [4.69, 9.17) is 4.74 Å². The molecule has 0 spiro atoms. The second kappa shape index (κ2) is 7.78. The molecule has 4 heteroatoms. The number of hydrogen-bond donors (Lipinski definition) is 1. The summed E-state index contributed by atoms with van der Waals surface area (Å²) in [4.78, 5) is 2.55. The van der Waals surface area contributed by atoms with Crippen molar-refractivity contribution < 1.29 is 4.74 Å². The van der Waals surface area contributed by atoms with Crippen molar-refractivity contribution in [1.82, 2.24) is 5.32 Å². The maximum Gasteiger partial charge on any atom is 0.0587 e. The highest BCUT2D eigenvalue weighted by atomic mass is 32.2. The Hall–Kier alpha value is -0.710. The van der Waals surface area contributed by atoms with Gasteiger partial charge in [0.05, 0.1) is 6.61 Å². The summed E-state index contributed by atoms with van der Waals surface area (Å²) in [6, 6.07) is 9.37. The van der Waals surface area contributed by atoms with Crippen LogP contribution in [0, 0.1) is 0 Å². The predicted molar refractivity (Wildman–Crippen MR) is 84.2 cm³/mol. The molecule has 1 atom stereocenters. The number of benzene rings is 1. The highest BCUT2D eigenvalue weighted by Crippen LogP contribution is 2.27. The van der Waals surface area contributed by atoms with Crippen molar-refractivity contribution >= 4 is 17.4 Å². The molecule has 106 valence electrons. The number of nitrogens with zero attached hydrogens (tertiary/aromatic N) is 1. The number of nitrogens with one attached hydrogen (secondary N) is 1. The number of thioether (sulfide) groups is 1. The first-order valence-corrected chi connectivity index (χ1v) is 8.10. The molecule has 1 aromatic carbocycles. The minimum atomic E-state index is 0.624. The van der Waals surface area contributed by atoms with E-state index in [1.54, 1.807) is 7.11 Å². The van der Waals surface area contributed by atoms with E-state index in [9.17, 15) is 0 Å². The van der Waals surface area contributed by atoms with Gasteiger partial charge in [0, 0.05) is 50.0 Å². The fraction of sp³-hybridized carbons (Fsp3) is 0.600. The molecule has 0 amide bonds. The minimum Gasteiger partial charge on any atom is -0.383 e. The van der Waals surface area contributed by atoms with Gasteiger partial charge in [-0.1, -0.05) is 18.2 Å². The molecule has 1 aliphatic rings. The summed E-state index contributed by atoms with van der Waals surface area (Å²) in [6.45, 7) is 6.05. The van der Waals surface area contributed by atoms with Crippen LogP contribution in [-0.2, 0) is 11.3 Å². The van der Waals surface area contributed by atoms with Crippen LogP contribution in [0.2, 0.25) is 0 Å². The molecule has 1 aliphatic heterocycles. The Morgan fingerprint density at radius 1 is 1.42 bits per heavy atom. The molecule has 2 rings (SSSR count). The summed E-state index contributed by atoms with van der Waals surface area (Å²) in [5.41, 5.74) is 2.78. The van der Waals surface area contributed by atoms with E-state index >= 15 is 0 Å². The van der Waals surface area contributed by atoms with Crippen molar-refractivity contribution in [1.29, 1.82) is 0 Å². The van der Waals surface area contributed by atoms with Gasteiger partial charge in [0.1, 0.15) is 0 Å². The summed E-state index contributed by atoms with van der Waals surface area (Å²) in [6.07, 6.45) is 0. The van der Waals surface area contributed by atoms with E-state index in [0.717, 1.165) is 26.2 Å². The molecule has 0 saturated carbocycles. The Labute approximate surface area is 120 Å². The third kappa shape index (κ3) is 4.13. The van der Waals surface area contributed by atoms with E-state index < -0.39 is 0 Å². The van der Waals surface area contributed by atoms with Crippen LogP contribution in [0.3, 0.4) is 0 Å². The van der Waals surface area contributed by atoms with E-state index in [-0.39, 0.29) is 0 Å². The molecule has 0 radical (unpaired) electrons. The maximum absolute atomic E-state index is 5.07. The Morgan fingerprint density at radius 2 is 2.26 bits per heavy atom. The van der Waals surface area contributed by atoms with Crippen LogP contribution in [0.4, 0.5) is 5.69 Å². The molecule has 3 nitrogen and oxygen atoms in total. The predicted octanol–water partition coefficient (Wildman–Crippen LogP) is 2.36. The standard InChI is InChI=1S/C15H24N2OS/c1-13-12-19-10-8-17(13)15-6-4-3-5-14(15)11-16-7-9-18-2/h3-6,13,16H,7-12H2,1-2H3. The zero-order valence-electron chi connectivity index (χ0n) is 11.9. The summed E-state index contributed by atoms with van der Waals surface area (Å²) in [5, 5.41) is 3.44. The zero-order valence-corrected chi connectivity index (χ0v) is 12.7. The van der Waals surface area contributed by atoms with Gasteiger partial charge in [-0.15, -0.1) is 0 Å². The van der Waals surface area contributed by atoms with Crippen molar-refractivity contribution in [2.75, 3.05) is 43.2 Å². The van der Waals surface area contributed by atoms with Crippen molar-refractivity contribution in [2.45, 2.75) is 19.5 Å². The zero-order chi connectivity index (χ0) is 13.5.